The Morgan fingerprint density at radius 3 is 2.90 bits per heavy atom. The summed E-state index contributed by atoms with van der Waals surface area (Å²) in [5.41, 5.74) is 1.44. The van der Waals surface area contributed by atoms with Gasteiger partial charge in [0.15, 0.2) is 6.54 Å². The summed E-state index contributed by atoms with van der Waals surface area (Å²) in [5, 5.41) is 3.86. The zero-order valence-electron chi connectivity index (χ0n) is 11.9. The van der Waals surface area contributed by atoms with Crippen LogP contribution in [0.5, 0.6) is 0 Å². The zero-order valence-corrected chi connectivity index (χ0v) is 13.4. The lowest BCUT2D eigenvalue weighted by atomic mass is 10.0. The molecule has 0 aromatic heterocycles. The molecule has 20 heavy (non-hydrogen) atoms. The second kappa shape index (κ2) is 6.79. The number of anilines is 1. The third-order valence-electron chi connectivity index (χ3n) is 3.82. The van der Waals surface area contributed by atoms with Gasteiger partial charge in [-0.25, -0.2) is 0 Å². The van der Waals surface area contributed by atoms with Crippen molar-refractivity contribution in [2.24, 2.45) is 5.92 Å². The maximum atomic E-state index is 12.2. The second-order valence-corrected chi connectivity index (χ2v) is 6.51. The average molecular weight is 316 g/mol. The van der Waals surface area contributed by atoms with Crippen molar-refractivity contribution in [3.05, 3.63) is 27.7 Å². The molecule has 0 spiro atoms. The monoisotopic (exact) mass is 315 g/mol. The Hall–Kier alpha value is -0.770. The molecule has 110 valence electrons. The van der Waals surface area contributed by atoms with E-state index in [4.69, 9.17) is 23.2 Å². The normalized spacial score (nSPS) is 22.6. The van der Waals surface area contributed by atoms with E-state index < -0.39 is 0 Å². The SMILES string of the molecule is Cc1ccc(Cl)c(NC(=O)C[NH+]2CCC[C@@H](C)C2)c1Cl. The molecular weight excluding hydrogens is 295 g/mol. The van der Waals surface area contributed by atoms with Gasteiger partial charge in [-0.2, -0.15) is 0 Å². The summed E-state index contributed by atoms with van der Waals surface area (Å²) in [4.78, 5) is 13.5. The minimum Gasteiger partial charge on any atom is -0.327 e. The van der Waals surface area contributed by atoms with Crippen LogP contribution in [0.4, 0.5) is 5.69 Å². The van der Waals surface area contributed by atoms with Crippen molar-refractivity contribution in [2.45, 2.75) is 26.7 Å². The summed E-state index contributed by atoms with van der Waals surface area (Å²) in [5.74, 6) is 0.668. The number of amides is 1. The van der Waals surface area contributed by atoms with Gasteiger partial charge in [0.25, 0.3) is 5.91 Å². The van der Waals surface area contributed by atoms with Gasteiger partial charge in [0.2, 0.25) is 0 Å². The summed E-state index contributed by atoms with van der Waals surface area (Å²) in [7, 11) is 0. The molecule has 1 heterocycles. The number of piperidine rings is 1. The maximum Gasteiger partial charge on any atom is 0.279 e. The number of quaternary nitrogens is 1. The van der Waals surface area contributed by atoms with Crippen LogP contribution in [0.1, 0.15) is 25.3 Å². The Labute approximate surface area is 130 Å². The lowest BCUT2D eigenvalue weighted by Gasteiger charge is -2.27. The number of rotatable bonds is 3. The average Bonchev–Trinajstić information content (AvgIpc) is 2.39. The minimum atomic E-state index is -0.0245. The number of halogens is 2. The van der Waals surface area contributed by atoms with E-state index in [0.29, 0.717) is 28.2 Å². The molecule has 1 aliphatic rings. The number of nitrogens with one attached hydrogen (secondary N) is 2. The van der Waals surface area contributed by atoms with Gasteiger partial charge in [0.1, 0.15) is 0 Å². The minimum absolute atomic E-state index is 0.0245. The van der Waals surface area contributed by atoms with Crippen LogP contribution in [0.25, 0.3) is 0 Å². The zero-order chi connectivity index (χ0) is 14.7. The number of hydrogen-bond donors (Lipinski definition) is 2. The van der Waals surface area contributed by atoms with Crippen molar-refractivity contribution in [3.8, 4) is 0 Å². The van der Waals surface area contributed by atoms with E-state index in [-0.39, 0.29) is 5.91 Å². The number of benzene rings is 1. The molecule has 1 aromatic rings. The van der Waals surface area contributed by atoms with Crippen molar-refractivity contribution in [2.75, 3.05) is 25.0 Å². The Morgan fingerprint density at radius 1 is 1.45 bits per heavy atom. The van der Waals surface area contributed by atoms with Crippen molar-refractivity contribution in [1.82, 2.24) is 0 Å². The standard InChI is InChI=1S/C15H20Cl2N2O/c1-10-4-3-7-19(8-10)9-13(20)18-15-12(16)6-5-11(2)14(15)17/h5-6,10H,3-4,7-9H2,1-2H3,(H,18,20)/p+1/t10-/m1/s1. The molecule has 2 rings (SSSR count). The second-order valence-electron chi connectivity index (χ2n) is 5.73. The number of carbonyl (C=O) groups is 1. The summed E-state index contributed by atoms with van der Waals surface area (Å²) >= 11 is 12.3. The molecule has 1 aromatic carbocycles. The molecule has 1 unspecified atom stereocenters. The molecule has 1 aliphatic heterocycles. The number of aryl methyl sites for hydroxylation is 1. The third-order valence-corrected chi connectivity index (χ3v) is 4.63. The van der Waals surface area contributed by atoms with Crippen LogP contribution in [-0.4, -0.2) is 25.5 Å². The van der Waals surface area contributed by atoms with E-state index in [1.54, 1.807) is 6.07 Å². The Kier molecular flexibility index (Phi) is 5.30. The third kappa shape index (κ3) is 3.87. The number of likely N-dealkylation sites (tertiary alicyclic amines) is 1. The molecular formula is C15H21Cl2N2O+. The van der Waals surface area contributed by atoms with E-state index in [0.717, 1.165) is 18.7 Å². The first-order valence-corrected chi connectivity index (χ1v) is 7.81. The smallest absolute Gasteiger partial charge is 0.279 e. The van der Waals surface area contributed by atoms with E-state index in [1.807, 2.05) is 13.0 Å². The van der Waals surface area contributed by atoms with Crippen molar-refractivity contribution >= 4 is 34.8 Å². The van der Waals surface area contributed by atoms with Crippen molar-refractivity contribution in [3.63, 3.8) is 0 Å². The lowest BCUT2D eigenvalue weighted by Crippen LogP contribution is -3.14. The topological polar surface area (TPSA) is 33.5 Å². The largest absolute Gasteiger partial charge is 0.327 e. The first-order chi connectivity index (χ1) is 9.47. The fourth-order valence-electron chi connectivity index (χ4n) is 2.74. The predicted molar refractivity (Wildman–Crippen MR) is 83.8 cm³/mol. The highest BCUT2D eigenvalue weighted by atomic mass is 35.5. The molecule has 2 N–H and O–H groups in total. The van der Waals surface area contributed by atoms with Gasteiger partial charge >= 0.3 is 0 Å². The van der Waals surface area contributed by atoms with Crippen LogP contribution in [0.2, 0.25) is 10.0 Å². The Morgan fingerprint density at radius 2 is 2.20 bits per heavy atom. The molecule has 0 aliphatic carbocycles. The Bertz CT molecular complexity index is 505. The van der Waals surface area contributed by atoms with Gasteiger partial charge in [-0.05, 0) is 31.4 Å². The van der Waals surface area contributed by atoms with Gasteiger partial charge in [0.05, 0.1) is 28.8 Å². The van der Waals surface area contributed by atoms with Crippen LogP contribution in [0.15, 0.2) is 12.1 Å². The lowest BCUT2D eigenvalue weighted by molar-refractivity contribution is -0.900. The van der Waals surface area contributed by atoms with Crippen LogP contribution in [-0.2, 0) is 4.79 Å². The van der Waals surface area contributed by atoms with Crippen LogP contribution in [0.3, 0.4) is 0 Å². The van der Waals surface area contributed by atoms with Crippen LogP contribution in [0, 0.1) is 12.8 Å². The van der Waals surface area contributed by atoms with E-state index in [2.05, 4.69) is 12.2 Å². The summed E-state index contributed by atoms with van der Waals surface area (Å²) in [6.45, 7) is 6.73. The molecule has 0 bridgehead atoms. The highest BCUT2D eigenvalue weighted by molar-refractivity contribution is 6.40. The molecule has 1 amide bonds. The van der Waals surface area contributed by atoms with E-state index >= 15 is 0 Å². The van der Waals surface area contributed by atoms with Gasteiger partial charge < -0.3 is 10.2 Å². The molecule has 5 heteroatoms. The van der Waals surface area contributed by atoms with E-state index in [1.165, 1.54) is 17.7 Å². The van der Waals surface area contributed by atoms with E-state index in [9.17, 15) is 4.79 Å². The van der Waals surface area contributed by atoms with Crippen LogP contribution >= 0.6 is 23.2 Å². The summed E-state index contributed by atoms with van der Waals surface area (Å²) in [6.07, 6.45) is 2.45. The van der Waals surface area contributed by atoms with Crippen molar-refractivity contribution in [1.29, 1.82) is 0 Å². The van der Waals surface area contributed by atoms with Gasteiger partial charge in [-0.1, -0.05) is 36.2 Å². The molecule has 2 atom stereocenters. The van der Waals surface area contributed by atoms with Crippen molar-refractivity contribution < 1.29 is 9.69 Å². The number of carbonyl (C=O) groups excluding carboxylic acids is 1. The number of hydrogen-bond acceptors (Lipinski definition) is 1. The van der Waals surface area contributed by atoms with Gasteiger partial charge in [0, 0.05) is 5.92 Å². The highest BCUT2D eigenvalue weighted by Gasteiger charge is 2.22. The summed E-state index contributed by atoms with van der Waals surface area (Å²) < 4.78 is 0. The summed E-state index contributed by atoms with van der Waals surface area (Å²) in [6, 6.07) is 3.60. The molecule has 0 saturated carbocycles. The first kappa shape index (κ1) is 15.6. The quantitative estimate of drug-likeness (QED) is 0.883. The Balaban J connectivity index is 2.00. The molecule has 0 radical (unpaired) electrons. The molecule has 1 saturated heterocycles. The first-order valence-electron chi connectivity index (χ1n) is 7.05. The molecule has 3 nitrogen and oxygen atoms in total. The fourth-order valence-corrected chi connectivity index (χ4v) is 3.21. The van der Waals surface area contributed by atoms with Gasteiger partial charge in [-0.3, -0.25) is 4.79 Å². The molecule has 1 fully saturated rings. The maximum absolute atomic E-state index is 12.2. The van der Waals surface area contributed by atoms with Crippen LogP contribution < -0.4 is 10.2 Å². The van der Waals surface area contributed by atoms with Gasteiger partial charge in [-0.15, -0.1) is 0 Å². The highest BCUT2D eigenvalue weighted by Crippen LogP contribution is 2.32. The fraction of sp³-hybridized carbons (Fsp3) is 0.533. The predicted octanol–water partition coefficient (Wildman–Crippen LogP) is 2.56.